The topological polar surface area (TPSA) is 76.7 Å². The predicted molar refractivity (Wildman–Crippen MR) is 71.4 cm³/mol. The highest BCUT2D eigenvalue weighted by Crippen LogP contribution is 1.86. The van der Waals surface area contributed by atoms with E-state index in [-0.39, 0.29) is 29.9 Å². The molecule has 0 rings (SSSR count). The molecule has 0 unspecified atom stereocenters. The zero-order valence-corrected chi connectivity index (χ0v) is 11.6. The zero-order chi connectivity index (χ0) is 10.8. The van der Waals surface area contributed by atoms with Crippen molar-refractivity contribution in [2.75, 3.05) is 20.2 Å². The minimum absolute atomic E-state index is 0. The Kier molecular flexibility index (Phi) is 13.0. The molecule has 6 heteroatoms. The summed E-state index contributed by atoms with van der Waals surface area (Å²) < 4.78 is 4.47. The second-order valence-electron chi connectivity index (χ2n) is 2.87. The van der Waals surface area contributed by atoms with Gasteiger partial charge in [-0.3, -0.25) is 9.79 Å². The Labute approximate surface area is 108 Å². The first-order chi connectivity index (χ1) is 6.70. The number of unbranched alkanes of at least 4 members (excludes halogenated alkanes) is 1. The van der Waals surface area contributed by atoms with Crippen molar-refractivity contribution in [2.45, 2.75) is 26.2 Å². The standard InChI is InChI=1S/C9H19N3O2.HI/c1-3-4-6-11-9(10)12-7-5-8(13)14-2;/h3-7H2,1-2H3,(H3,10,11,12);1H. The number of hydrogen-bond acceptors (Lipinski definition) is 3. The van der Waals surface area contributed by atoms with Gasteiger partial charge in [-0.1, -0.05) is 13.3 Å². The molecule has 90 valence electrons. The number of esters is 1. The third-order valence-corrected chi connectivity index (χ3v) is 1.66. The van der Waals surface area contributed by atoms with E-state index < -0.39 is 0 Å². The average molecular weight is 329 g/mol. The van der Waals surface area contributed by atoms with E-state index in [2.05, 4.69) is 22.0 Å². The maximum absolute atomic E-state index is 10.7. The maximum atomic E-state index is 10.7. The van der Waals surface area contributed by atoms with Crippen LogP contribution in [0.3, 0.4) is 0 Å². The van der Waals surface area contributed by atoms with Gasteiger partial charge in [0.2, 0.25) is 0 Å². The lowest BCUT2D eigenvalue weighted by Crippen LogP contribution is -2.33. The van der Waals surface area contributed by atoms with E-state index >= 15 is 0 Å². The molecule has 15 heavy (non-hydrogen) atoms. The Morgan fingerprint density at radius 1 is 1.53 bits per heavy atom. The molecule has 0 atom stereocenters. The van der Waals surface area contributed by atoms with Crippen molar-refractivity contribution < 1.29 is 9.53 Å². The van der Waals surface area contributed by atoms with E-state index in [1.807, 2.05) is 0 Å². The third-order valence-electron chi connectivity index (χ3n) is 1.66. The van der Waals surface area contributed by atoms with Crippen molar-refractivity contribution in [3.63, 3.8) is 0 Å². The number of nitrogens with zero attached hydrogens (tertiary/aromatic N) is 1. The zero-order valence-electron chi connectivity index (χ0n) is 9.28. The Bertz CT molecular complexity index is 198. The van der Waals surface area contributed by atoms with Crippen LogP contribution in [0.2, 0.25) is 0 Å². The number of carbonyl (C=O) groups is 1. The lowest BCUT2D eigenvalue weighted by molar-refractivity contribution is -0.140. The van der Waals surface area contributed by atoms with Gasteiger partial charge in [0.25, 0.3) is 0 Å². The third kappa shape index (κ3) is 11.4. The van der Waals surface area contributed by atoms with E-state index in [0.29, 0.717) is 18.9 Å². The van der Waals surface area contributed by atoms with Gasteiger partial charge in [-0.15, -0.1) is 24.0 Å². The molecule has 0 heterocycles. The number of ether oxygens (including phenoxy) is 1. The lowest BCUT2D eigenvalue weighted by atomic mass is 10.3. The molecule has 0 bridgehead atoms. The van der Waals surface area contributed by atoms with Crippen molar-refractivity contribution in [3.8, 4) is 0 Å². The van der Waals surface area contributed by atoms with E-state index in [0.717, 1.165) is 19.4 Å². The number of guanidine groups is 1. The van der Waals surface area contributed by atoms with Gasteiger partial charge in [-0.05, 0) is 6.42 Å². The molecule has 5 nitrogen and oxygen atoms in total. The number of nitrogens with one attached hydrogen (secondary N) is 1. The molecule has 0 spiro atoms. The van der Waals surface area contributed by atoms with E-state index in [4.69, 9.17) is 5.73 Å². The van der Waals surface area contributed by atoms with Crippen molar-refractivity contribution in [1.82, 2.24) is 5.32 Å². The van der Waals surface area contributed by atoms with Crippen LogP contribution in [0.25, 0.3) is 0 Å². The molecule has 3 N–H and O–H groups in total. The van der Waals surface area contributed by atoms with E-state index in [9.17, 15) is 4.79 Å². The predicted octanol–water partition coefficient (Wildman–Crippen LogP) is 0.872. The van der Waals surface area contributed by atoms with Crippen LogP contribution in [0.5, 0.6) is 0 Å². The van der Waals surface area contributed by atoms with Crippen molar-refractivity contribution in [3.05, 3.63) is 0 Å². The molecular formula is C9H20IN3O2. The quantitative estimate of drug-likeness (QED) is 0.249. The monoisotopic (exact) mass is 329 g/mol. The summed E-state index contributed by atoms with van der Waals surface area (Å²) in [4.78, 5) is 14.8. The first kappa shape index (κ1) is 16.9. The number of carbonyl (C=O) groups excluding carboxylic acids is 1. The molecule has 0 aliphatic rings. The molecule has 0 saturated heterocycles. The van der Waals surface area contributed by atoms with Crippen LogP contribution in [0.15, 0.2) is 4.99 Å². The van der Waals surface area contributed by atoms with Gasteiger partial charge in [0.05, 0.1) is 13.5 Å². The number of hydrogen-bond donors (Lipinski definition) is 2. The number of nitrogens with two attached hydrogens (primary N) is 1. The Hall–Kier alpha value is -0.530. The molecule has 0 saturated carbocycles. The highest BCUT2D eigenvalue weighted by atomic mass is 127. The fraction of sp³-hybridized carbons (Fsp3) is 0.778. The molecule has 0 amide bonds. The van der Waals surface area contributed by atoms with Crippen LogP contribution in [0, 0.1) is 0 Å². The normalized spacial score (nSPS) is 10.4. The number of rotatable bonds is 6. The summed E-state index contributed by atoms with van der Waals surface area (Å²) in [6, 6.07) is 0. The Balaban J connectivity index is 0. The van der Waals surface area contributed by atoms with Gasteiger partial charge in [0.1, 0.15) is 0 Å². The van der Waals surface area contributed by atoms with Crippen molar-refractivity contribution >= 4 is 35.9 Å². The summed E-state index contributed by atoms with van der Waals surface area (Å²) in [5.74, 6) is 0.140. The summed E-state index contributed by atoms with van der Waals surface area (Å²) >= 11 is 0. The maximum Gasteiger partial charge on any atom is 0.307 e. The van der Waals surface area contributed by atoms with E-state index in [1.165, 1.54) is 7.11 Å². The number of halogens is 1. The number of aliphatic imine (C=N–C) groups is 1. The molecule has 0 radical (unpaired) electrons. The van der Waals surface area contributed by atoms with Crippen LogP contribution in [0.4, 0.5) is 0 Å². The minimum Gasteiger partial charge on any atom is -0.469 e. The molecule has 0 aliphatic carbocycles. The minimum atomic E-state index is -0.251. The summed E-state index contributed by atoms with van der Waals surface area (Å²) in [7, 11) is 1.36. The molecular weight excluding hydrogens is 309 g/mol. The first-order valence-corrected chi connectivity index (χ1v) is 4.81. The SMILES string of the molecule is CCCCN=C(N)NCCC(=O)OC.I. The largest absolute Gasteiger partial charge is 0.469 e. The van der Waals surface area contributed by atoms with Gasteiger partial charge in [-0.2, -0.15) is 0 Å². The molecule has 0 aromatic heterocycles. The second-order valence-corrected chi connectivity index (χ2v) is 2.87. The number of methoxy groups -OCH3 is 1. The first-order valence-electron chi connectivity index (χ1n) is 4.81. The van der Waals surface area contributed by atoms with Gasteiger partial charge in [0.15, 0.2) is 5.96 Å². The highest BCUT2D eigenvalue weighted by molar-refractivity contribution is 14.0. The van der Waals surface area contributed by atoms with Crippen molar-refractivity contribution in [2.24, 2.45) is 10.7 Å². The van der Waals surface area contributed by atoms with Crippen molar-refractivity contribution in [1.29, 1.82) is 0 Å². The summed E-state index contributed by atoms with van der Waals surface area (Å²) in [6.07, 6.45) is 2.43. The highest BCUT2D eigenvalue weighted by Gasteiger charge is 1.98. The lowest BCUT2D eigenvalue weighted by Gasteiger charge is -2.03. The molecule has 0 aromatic carbocycles. The fourth-order valence-electron chi connectivity index (χ4n) is 0.808. The van der Waals surface area contributed by atoms with Gasteiger partial charge in [0, 0.05) is 13.1 Å². The van der Waals surface area contributed by atoms with E-state index in [1.54, 1.807) is 0 Å². The van der Waals surface area contributed by atoms with Crippen LogP contribution in [0.1, 0.15) is 26.2 Å². The smallest absolute Gasteiger partial charge is 0.307 e. The summed E-state index contributed by atoms with van der Waals surface area (Å²) in [5.41, 5.74) is 5.53. The van der Waals surface area contributed by atoms with Crippen LogP contribution in [-0.2, 0) is 9.53 Å². The van der Waals surface area contributed by atoms with Crippen LogP contribution in [-0.4, -0.2) is 32.1 Å². The molecule has 0 aliphatic heterocycles. The van der Waals surface area contributed by atoms with Gasteiger partial charge >= 0.3 is 5.97 Å². The summed E-state index contributed by atoms with van der Waals surface area (Å²) in [5, 5.41) is 2.83. The fourth-order valence-corrected chi connectivity index (χ4v) is 0.808. The van der Waals surface area contributed by atoms with Gasteiger partial charge in [-0.25, -0.2) is 0 Å². The molecule has 0 aromatic rings. The van der Waals surface area contributed by atoms with Crippen LogP contribution >= 0.6 is 24.0 Å². The van der Waals surface area contributed by atoms with Gasteiger partial charge < -0.3 is 15.8 Å². The average Bonchev–Trinajstić information content (AvgIpc) is 2.18. The Morgan fingerprint density at radius 3 is 2.73 bits per heavy atom. The Morgan fingerprint density at radius 2 is 2.20 bits per heavy atom. The second kappa shape index (κ2) is 11.5. The molecule has 0 fully saturated rings. The summed E-state index contributed by atoms with van der Waals surface area (Å²) in [6.45, 7) is 3.29. The van der Waals surface area contributed by atoms with Crippen LogP contribution < -0.4 is 11.1 Å².